The van der Waals surface area contributed by atoms with E-state index in [9.17, 15) is 4.79 Å². The summed E-state index contributed by atoms with van der Waals surface area (Å²) in [6.07, 6.45) is 0. The average Bonchev–Trinajstić information content (AvgIpc) is 1.88. The van der Waals surface area contributed by atoms with Gasteiger partial charge in [-0.05, 0) is 24.6 Å². The van der Waals surface area contributed by atoms with Gasteiger partial charge in [0.1, 0.15) is 0 Å². The molecule has 0 bridgehead atoms. The topological polar surface area (TPSA) is 43.1 Å². The molecule has 2 heteroatoms. The molecule has 0 aliphatic carbocycles. The van der Waals surface area contributed by atoms with E-state index in [2.05, 4.69) is 6.07 Å². The van der Waals surface area contributed by atoms with Gasteiger partial charge >= 0.3 is 0 Å². The summed E-state index contributed by atoms with van der Waals surface area (Å²) in [5.41, 5.74) is 6.38. The first-order valence-electron chi connectivity index (χ1n) is 2.99. The van der Waals surface area contributed by atoms with Crippen LogP contribution in [0, 0.1) is 13.0 Å². The number of hydrogen-bond donors (Lipinski definition) is 1. The second-order valence-corrected chi connectivity index (χ2v) is 2.11. The Bertz CT molecular complexity index is 255. The van der Waals surface area contributed by atoms with Crippen LogP contribution in [-0.4, -0.2) is 5.91 Å². The molecule has 0 saturated heterocycles. The third-order valence-corrected chi connectivity index (χ3v) is 1.21. The fourth-order valence-electron chi connectivity index (χ4n) is 0.728. The van der Waals surface area contributed by atoms with Crippen LogP contribution >= 0.6 is 0 Å². The maximum absolute atomic E-state index is 10.5. The molecule has 2 N–H and O–H groups in total. The summed E-state index contributed by atoms with van der Waals surface area (Å²) in [6.45, 7) is 1.87. The van der Waals surface area contributed by atoms with Crippen molar-refractivity contribution >= 4 is 5.91 Å². The number of carbonyl (C=O) groups excluding carboxylic acids is 1. The van der Waals surface area contributed by atoms with Crippen LogP contribution in [0.3, 0.4) is 0 Å². The number of primary amides is 1. The molecule has 0 heterocycles. The third-order valence-electron chi connectivity index (χ3n) is 1.21. The van der Waals surface area contributed by atoms with Crippen molar-refractivity contribution in [2.75, 3.05) is 0 Å². The fourth-order valence-corrected chi connectivity index (χ4v) is 0.728. The van der Waals surface area contributed by atoms with Gasteiger partial charge in [0.2, 0.25) is 5.91 Å². The summed E-state index contributed by atoms with van der Waals surface area (Å²) in [4.78, 5) is 10.5. The van der Waals surface area contributed by atoms with Crippen molar-refractivity contribution in [3.63, 3.8) is 0 Å². The molecule has 1 aromatic carbocycles. The Labute approximate surface area is 59.7 Å². The van der Waals surface area contributed by atoms with Crippen LogP contribution in [0.25, 0.3) is 0 Å². The van der Waals surface area contributed by atoms with Gasteiger partial charge in [-0.2, -0.15) is 0 Å². The molecule has 1 rings (SSSR count). The highest BCUT2D eigenvalue weighted by Gasteiger charge is 1.97. The summed E-state index contributed by atoms with van der Waals surface area (Å²) >= 11 is 0. The molecule has 0 aliphatic heterocycles. The fraction of sp³-hybridized carbons (Fsp3) is 0.125. The molecule has 0 unspecified atom stereocenters. The largest absolute Gasteiger partial charge is 0.366 e. The molecule has 2 nitrogen and oxygen atoms in total. The summed E-state index contributed by atoms with van der Waals surface area (Å²) in [6, 6.07) is 8.13. The van der Waals surface area contributed by atoms with Crippen LogP contribution < -0.4 is 5.73 Å². The molecule has 0 aliphatic rings. The van der Waals surface area contributed by atoms with E-state index < -0.39 is 5.91 Å². The van der Waals surface area contributed by atoms with Gasteiger partial charge in [-0.15, -0.1) is 0 Å². The van der Waals surface area contributed by atoms with E-state index in [-0.39, 0.29) is 0 Å². The average molecular weight is 134 g/mol. The standard InChI is InChI=1S/C8H8NO/c1-6-3-2-4-7(5-6)8(9)10/h2-4H,1H3,(H2,9,10). The van der Waals surface area contributed by atoms with E-state index in [1.807, 2.05) is 13.0 Å². The van der Waals surface area contributed by atoms with Crippen molar-refractivity contribution in [1.29, 1.82) is 0 Å². The van der Waals surface area contributed by atoms with E-state index in [0.29, 0.717) is 5.56 Å². The van der Waals surface area contributed by atoms with Crippen molar-refractivity contribution in [1.82, 2.24) is 0 Å². The number of aryl methyl sites for hydroxylation is 1. The van der Waals surface area contributed by atoms with Crippen molar-refractivity contribution in [2.45, 2.75) is 6.92 Å². The summed E-state index contributed by atoms with van der Waals surface area (Å²) in [5, 5.41) is 0. The normalized spacial score (nSPS) is 9.30. The molecule has 0 saturated carbocycles. The zero-order valence-electron chi connectivity index (χ0n) is 5.72. The Hall–Kier alpha value is -1.31. The number of amides is 1. The Morgan fingerprint density at radius 2 is 2.30 bits per heavy atom. The highest BCUT2D eigenvalue weighted by atomic mass is 16.1. The molecule has 1 amide bonds. The highest BCUT2D eigenvalue weighted by Crippen LogP contribution is 2.00. The minimum atomic E-state index is -0.427. The number of rotatable bonds is 1. The van der Waals surface area contributed by atoms with Gasteiger partial charge in [-0.1, -0.05) is 12.1 Å². The number of nitrogens with two attached hydrogens (primary N) is 1. The third kappa shape index (κ3) is 1.35. The minimum Gasteiger partial charge on any atom is -0.366 e. The van der Waals surface area contributed by atoms with Gasteiger partial charge in [0, 0.05) is 5.56 Å². The van der Waals surface area contributed by atoms with E-state index in [1.54, 1.807) is 12.1 Å². The highest BCUT2D eigenvalue weighted by molar-refractivity contribution is 5.92. The molecule has 0 spiro atoms. The molecule has 51 valence electrons. The summed E-state index contributed by atoms with van der Waals surface area (Å²) < 4.78 is 0. The van der Waals surface area contributed by atoms with Crippen LogP contribution in [0.1, 0.15) is 15.9 Å². The predicted molar refractivity (Wildman–Crippen MR) is 38.5 cm³/mol. The van der Waals surface area contributed by atoms with Crippen molar-refractivity contribution in [3.05, 3.63) is 35.4 Å². The minimum absolute atomic E-state index is 0.427. The first kappa shape index (κ1) is 6.81. The van der Waals surface area contributed by atoms with Gasteiger partial charge in [-0.3, -0.25) is 4.79 Å². The lowest BCUT2D eigenvalue weighted by molar-refractivity contribution is 0.1000. The number of carbonyl (C=O) groups is 1. The molecule has 1 radical (unpaired) electrons. The Kier molecular flexibility index (Phi) is 1.71. The van der Waals surface area contributed by atoms with E-state index in [0.717, 1.165) is 5.56 Å². The zero-order chi connectivity index (χ0) is 7.56. The smallest absolute Gasteiger partial charge is 0.249 e. The van der Waals surface area contributed by atoms with Gasteiger partial charge in [0.15, 0.2) is 0 Å². The quantitative estimate of drug-likeness (QED) is 0.609. The number of benzene rings is 1. The van der Waals surface area contributed by atoms with Gasteiger partial charge in [0.25, 0.3) is 0 Å². The van der Waals surface area contributed by atoms with Gasteiger partial charge in [0.05, 0.1) is 0 Å². The Morgan fingerprint density at radius 3 is 2.70 bits per heavy atom. The van der Waals surface area contributed by atoms with E-state index in [4.69, 9.17) is 5.73 Å². The lowest BCUT2D eigenvalue weighted by Gasteiger charge is -1.93. The van der Waals surface area contributed by atoms with E-state index >= 15 is 0 Å². The summed E-state index contributed by atoms with van der Waals surface area (Å²) in [5.74, 6) is -0.427. The Balaban J connectivity index is 3.07. The molecule has 10 heavy (non-hydrogen) atoms. The van der Waals surface area contributed by atoms with Crippen LogP contribution in [0.5, 0.6) is 0 Å². The van der Waals surface area contributed by atoms with Crippen LogP contribution in [-0.2, 0) is 0 Å². The second-order valence-electron chi connectivity index (χ2n) is 2.11. The van der Waals surface area contributed by atoms with Crippen LogP contribution in [0.2, 0.25) is 0 Å². The predicted octanol–water partition coefficient (Wildman–Crippen LogP) is 0.894. The zero-order valence-corrected chi connectivity index (χ0v) is 5.72. The molecular weight excluding hydrogens is 126 g/mol. The van der Waals surface area contributed by atoms with Gasteiger partial charge < -0.3 is 5.73 Å². The molecule has 0 atom stereocenters. The molecule has 0 fully saturated rings. The summed E-state index contributed by atoms with van der Waals surface area (Å²) in [7, 11) is 0. The Morgan fingerprint density at radius 1 is 1.60 bits per heavy atom. The van der Waals surface area contributed by atoms with Crippen molar-refractivity contribution < 1.29 is 4.79 Å². The SMILES string of the molecule is Cc1[c]c(C(N)=O)ccc1. The lowest BCUT2D eigenvalue weighted by Crippen LogP contribution is -2.10. The molecular formula is C8H8NO. The molecule has 0 aromatic heterocycles. The lowest BCUT2D eigenvalue weighted by atomic mass is 10.1. The molecule has 1 aromatic rings. The monoisotopic (exact) mass is 134 g/mol. The van der Waals surface area contributed by atoms with Crippen LogP contribution in [0.4, 0.5) is 0 Å². The number of hydrogen-bond acceptors (Lipinski definition) is 1. The van der Waals surface area contributed by atoms with Gasteiger partial charge in [-0.25, -0.2) is 0 Å². The maximum Gasteiger partial charge on any atom is 0.249 e. The van der Waals surface area contributed by atoms with E-state index in [1.165, 1.54) is 0 Å². The second kappa shape index (κ2) is 2.52. The first-order chi connectivity index (χ1) is 4.70. The maximum atomic E-state index is 10.5. The van der Waals surface area contributed by atoms with Crippen molar-refractivity contribution in [3.8, 4) is 0 Å². The van der Waals surface area contributed by atoms with Crippen molar-refractivity contribution in [2.24, 2.45) is 5.73 Å². The first-order valence-corrected chi connectivity index (χ1v) is 2.99. The van der Waals surface area contributed by atoms with Crippen LogP contribution in [0.15, 0.2) is 18.2 Å².